The second-order valence-corrected chi connectivity index (χ2v) is 2.09. The highest BCUT2D eigenvalue weighted by molar-refractivity contribution is 5.91. The molecule has 12 heavy (non-hydrogen) atoms. The van der Waals surface area contributed by atoms with Crippen molar-refractivity contribution in [2.75, 3.05) is 6.61 Å². The largest absolute Gasteiger partial charge is 0.481 e. The Labute approximate surface area is 69.3 Å². The lowest BCUT2D eigenvalue weighted by atomic mass is 10.1. The average molecular weight is 174 g/mol. The van der Waals surface area contributed by atoms with Crippen molar-refractivity contribution in [3.8, 4) is 0 Å². The molecule has 0 bridgehead atoms. The Balaban J connectivity index is 4.05. The molecule has 1 unspecified atom stereocenters. The normalized spacial score (nSPS) is 11.8. The van der Waals surface area contributed by atoms with Crippen molar-refractivity contribution in [3.05, 3.63) is 0 Å². The molecule has 0 spiro atoms. The lowest BCUT2D eigenvalue weighted by molar-refractivity contribution is -0.153. The van der Waals surface area contributed by atoms with Gasteiger partial charge in [-0.2, -0.15) is 0 Å². The zero-order valence-corrected chi connectivity index (χ0v) is 6.65. The second-order valence-electron chi connectivity index (χ2n) is 2.09. The van der Waals surface area contributed by atoms with Crippen molar-refractivity contribution in [2.45, 2.75) is 13.3 Å². The SMILES string of the molecule is CCOC(=O)C(C=O)CC(=O)O. The van der Waals surface area contributed by atoms with Crippen molar-refractivity contribution in [2.24, 2.45) is 5.92 Å². The first-order valence-corrected chi connectivity index (χ1v) is 3.45. The van der Waals surface area contributed by atoms with Crippen molar-refractivity contribution in [1.82, 2.24) is 0 Å². The number of carboxylic acid groups (broad SMARTS) is 1. The summed E-state index contributed by atoms with van der Waals surface area (Å²) in [6.07, 6.45) is -0.228. The molecule has 0 saturated carbocycles. The van der Waals surface area contributed by atoms with Gasteiger partial charge >= 0.3 is 11.9 Å². The summed E-state index contributed by atoms with van der Waals surface area (Å²) < 4.78 is 4.46. The molecule has 0 aromatic carbocycles. The molecule has 0 saturated heterocycles. The Morgan fingerprint density at radius 2 is 2.17 bits per heavy atom. The van der Waals surface area contributed by atoms with Gasteiger partial charge in [0, 0.05) is 0 Å². The van der Waals surface area contributed by atoms with E-state index in [4.69, 9.17) is 5.11 Å². The lowest BCUT2D eigenvalue weighted by Gasteiger charge is -2.05. The first-order chi connectivity index (χ1) is 5.61. The van der Waals surface area contributed by atoms with Gasteiger partial charge in [-0.3, -0.25) is 9.59 Å². The van der Waals surface area contributed by atoms with Crippen LogP contribution in [-0.2, 0) is 19.1 Å². The van der Waals surface area contributed by atoms with E-state index in [-0.39, 0.29) is 12.9 Å². The van der Waals surface area contributed by atoms with E-state index in [1.807, 2.05) is 0 Å². The summed E-state index contributed by atoms with van der Waals surface area (Å²) in [5, 5.41) is 8.27. The molecule has 0 aliphatic rings. The highest BCUT2D eigenvalue weighted by atomic mass is 16.5. The van der Waals surface area contributed by atoms with Crippen molar-refractivity contribution < 1.29 is 24.2 Å². The van der Waals surface area contributed by atoms with Gasteiger partial charge < -0.3 is 14.6 Å². The fourth-order valence-electron chi connectivity index (χ4n) is 0.624. The van der Waals surface area contributed by atoms with E-state index in [2.05, 4.69) is 4.74 Å². The number of aliphatic carboxylic acids is 1. The summed E-state index contributed by atoms with van der Waals surface area (Å²) in [4.78, 5) is 31.1. The molecule has 5 heteroatoms. The molecular weight excluding hydrogens is 164 g/mol. The molecule has 0 fully saturated rings. The summed E-state index contributed by atoms with van der Waals surface area (Å²) in [5.41, 5.74) is 0. The van der Waals surface area contributed by atoms with Crippen molar-refractivity contribution >= 4 is 18.2 Å². The molecule has 0 aliphatic carbocycles. The van der Waals surface area contributed by atoms with E-state index in [9.17, 15) is 14.4 Å². The highest BCUT2D eigenvalue weighted by Crippen LogP contribution is 2.02. The summed E-state index contributed by atoms with van der Waals surface area (Å²) >= 11 is 0. The monoisotopic (exact) mass is 174 g/mol. The zero-order valence-electron chi connectivity index (χ0n) is 6.65. The van der Waals surface area contributed by atoms with Crippen LogP contribution in [0.1, 0.15) is 13.3 Å². The molecule has 0 heterocycles. The molecule has 0 aromatic rings. The average Bonchev–Trinajstić information content (AvgIpc) is 2.00. The van der Waals surface area contributed by atoms with E-state index < -0.39 is 24.3 Å². The van der Waals surface area contributed by atoms with Crippen LogP contribution in [-0.4, -0.2) is 29.9 Å². The molecule has 1 N–H and O–H groups in total. The molecule has 0 aromatic heterocycles. The number of esters is 1. The van der Waals surface area contributed by atoms with Crippen LogP contribution in [0.5, 0.6) is 0 Å². The number of carbonyl (C=O) groups excluding carboxylic acids is 2. The van der Waals surface area contributed by atoms with Gasteiger partial charge in [-0.1, -0.05) is 0 Å². The van der Waals surface area contributed by atoms with Gasteiger partial charge in [0.25, 0.3) is 0 Å². The second kappa shape index (κ2) is 5.29. The molecule has 68 valence electrons. The fraction of sp³-hybridized carbons (Fsp3) is 0.571. The smallest absolute Gasteiger partial charge is 0.316 e. The van der Waals surface area contributed by atoms with Crippen LogP contribution >= 0.6 is 0 Å². The number of hydrogen-bond donors (Lipinski definition) is 1. The van der Waals surface area contributed by atoms with E-state index in [1.165, 1.54) is 0 Å². The van der Waals surface area contributed by atoms with Gasteiger partial charge in [-0.15, -0.1) is 0 Å². The van der Waals surface area contributed by atoms with Crippen molar-refractivity contribution in [1.29, 1.82) is 0 Å². The van der Waals surface area contributed by atoms with E-state index in [0.29, 0.717) is 0 Å². The molecule has 0 rings (SSSR count). The Morgan fingerprint density at radius 3 is 2.50 bits per heavy atom. The Bertz CT molecular complexity index is 186. The topological polar surface area (TPSA) is 80.7 Å². The minimum Gasteiger partial charge on any atom is -0.481 e. The maximum atomic E-state index is 10.8. The molecular formula is C7H10O5. The predicted octanol–water partition coefficient (Wildman–Crippen LogP) is -0.161. The molecule has 0 amide bonds. The highest BCUT2D eigenvalue weighted by Gasteiger charge is 2.21. The number of rotatable bonds is 5. The summed E-state index contributed by atoms with van der Waals surface area (Å²) in [7, 11) is 0. The van der Waals surface area contributed by atoms with Gasteiger partial charge in [0.2, 0.25) is 0 Å². The Kier molecular flexibility index (Phi) is 4.67. The zero-order chi connectivity index (χ0) is 9.56. The van der Waals surface area contributed by atoms with Gasteiger partial charge in [0.1, 0.15) is 12.2 Å². The van der Waals surface area contributed by atoms with E-state index >= 15 is 0 Å². The quantitative estimate of drug-likeness (QED) is 0.356. The standard InChI is InChI=1S/C7H10O5/c1-2-12-7(11)5(4-8)3-6(9)10/h4-5H,2-3H2,1H3,(H,9,10). The third-order valence-corrected chi connectivity index (χ3v) is 1.15. The number of aldehydes is 1. The van der Waals surface area contributed by atoms with Gasteiger partial charge in [0.15, 0.2) is 0 Å². The maximum Gasteiger partial charge on any atom is 0.316 e. The maximum absolute atomic E-state index is 10.8. The van der Waals surface area contributed by atoms with E-state index in [1.54, 1.807) is 6.92 Å². The summed E-state index contributed by atoms with van der Waals surface area (Å²) in [6, 6.07) is 0. The van der Waals surface area contributed by atoms with Crippen LogP contribution in [0.15, 0.2) is 0 Å². The van der Waals surface area contributed by atoms with Crippen LogP contribution < -0.4 is 0 Å². The molecule has 0 radical (unpaired) electrons. The molecule has 5 nitrogen and oxygen atoms in total. The summed E-state index contributed by atoms with van der Waals surface area (Å²) in [6.45, 7) is 1.73. The predicted molar refractivity (Wildman–Crippen MR) is 38.4 cm³/mol. The van der Waals surface area contributed by atoms with Gasteiger partial charge in [0.05, 0.1) is 13.0 Å². The van der Waals surface area contributed by atoms with E-state index in [0.717, 1.165) is 0 Å². The lowest BCUT2D eigenvalue weighted by Crippen LogP contribution is -2.21. The van der Waals surface area contributed by atoms with Crippen LogP contribution in [0.2, 0.25) is 0 Å². The summed E-state index contributed by atoms with van der Waals surface area (Å²) in [5.74, 6) is -3.16. The number of carbonyl (C=O) groups is 3. The minimum absolute atomic E-state index is 0.142. The molecule has 1 atom stereocenters. The molecule has 0 aliphatic heterocycles. The Hall–Kier alpha value is -1.39. The number of ether oxygens (including phenoxy) is 1. The van der Waals surface area contributed by atoms with Crippen molar-refractivity contribution in [3.63, 3.8) is 0 Å². The first-order valence-electron chi connectivity index (χ1n) is 3.45. The third kappa shape index (κ3) is 3.70. The number of carboxylic acids is 1. The van der Waals surface area contributed by atoms with Gasteiger partial charge in [-0.25, -0.2) is 0 Å². The third-order valence-electron chi connectivity index (χ3n) is 1.15. The first kappa shape index (κ1) is 10.6. The Morgan fingerprint density at radius 1 is 1.58 bits per heavy atom. The number of hydrogen-bond acceptors (Lipinski definition) is 4. The van der Waals surface area contributed by atoms with Crippen LogP contribution in [0.4, 0.5) is 0 Å². The van der Waals surface area contributed by atoms with Gasteiger partial charge in [-0.05, 0) is 6.92 Å². The van der Waals surface area contributed by atoms with Crippen LogP contribution in [0.25, 0.3) is 0 Å². The fourth-order valence-corrected chi connectivity index (χ4v) is 0.624. The minimum atomic E-state index is -1.19. The van der Waals surface area contributed by atoms with Crippen LogP contribution in [0.3, 0.4) is 0 Å². The van der Waals surface area contributed by atoms with Crippen LogP contribution in [0, 0.1) is 5.92 Å².